The summed E-state index contributed by atoms with van der Waals surface area (Å²) in [7, 11) is 0. The van der Waals surface area contributed by atoms with Gasteiger partial charge >= 0.3 is 0 Å². The van der Waals surface area contributed by atoms with Crippen molar-refractivity contribution in [2.45, 2.75) is 6.92 Å². The summed E-state index contributed by atoms with van der Waals surface area (Å²) >= 11 is 5.74. The van der Waals surface area contributed by atoms with Gasteiger partial charge in [-0.05, 0) is 19.1 Å². The van der Waals surface area contributed by atoms with E-state index in [0.717, 1.165) is 5.69 Å². The molecule has 4 nitrogen and oxygen atoms in total. The van der Waals surface area contributed by atoms with Crippen LogP contribution in [0.25, 0.3) is 5.82 Å². The third-order valence-corrected chi connectivity index (χ3v) is 2.01. The second kappa shape index (κ2) is 3.31. The molecular formula is C9H9ClN4. The van der Waals surface area contributed by atoms with Gasteiger partial charge in [-0.1, -0.05) is 11.6 Å². The normalized spacial score (nSPS) is 10.4. The highest BCUT2D eigenvalue weighted by atomic mass is 35.5. The van der Waals surface area contributed by atoms with Crippen LogP contribution in [0.3, 0.4) is 0 Å². The number of pyridine rings is 1. The highest BCUT2D eigenvalue weighted by Gasteiger charge is 2.04. The molecule has 0 aliphatic rings. The van der Waals surface area contributed by atoms with Gasteiger partial charge in [0.2, 0.25) is 0 Å². The average Bonchev–Trinajstić information content (AvgIpc) is 2.51. The lowest BCUT2D eigenvalue weighted by molar-refractivity contribution is 0.835. The molecule has 0 saturated heterocycles. The van der Waals surface area contributed by atoms with Crippen molar-refractivity contribution in [2.24, 2.45) is 0 Å². The van der Waals surface area contributed by atoms with E-state index in [2.05, 4.69) is 10.1 Å². The van der Waals surface area contributed by atoms with Crippen LogP contribution in [0, 0.1) is 6.92 Å². The zero-order valence-electron chi connectivity index (χ0n) is 7.61. The monoisotopic (exact) mass is 208 g/mol. The molecule has 0 saturated carbocycles. The highest BCUT2D eigenvalue weighted by Crippen LogP contribution is 2.18. The van der Waals surface area contributed by atoms with Gasteiger partial charge < -0.3 is 5.73 Å². The standard InChI is InChI=1S/C9H9ClN4/c1-6-2-3-14(13-6)9-8(11)4-7(10)5-12-9/h2-5H,11H2,1H3. The SMILES string of the molecule is Cc1ccn(-c2ncc(Cl)cc2N)n1. The van der Waals surface area contributed by atoms with E-state index >= 15 is 0 Å². The second-order valence-electron chi connectivity index (χ2n) is 2.97. The summed E-state index contributed by atoms with van der Waals surface area (Å²) in [5.74, 6) is 0.600. The van der Waals surface area contributed by atoms with Crippen molar-refractivity contribution < 1.29 is 0 Å². The van der Waals surface area contributed by atoms with E-state index in [-0.39, 0.29) is 0 Å². The van der Waals surface area contributed by atoms with Crippen molar-refractivity contribution in [1.82, 2.24) is 14.8 Å². The molecule has 72 valence electrons. The summed E-state index contributed by atoms with van der Waals surface area (Å²) < 4.78 is 1.63. The van der Waals surface area contributed by atoms with Crippen LogP contribution in [0.15, 0.2) is 24.5 Å². The van der Waals surface area contributed by atoms with Gasteiger partial charge in [-0.15, -0.1) is 0 Å². The van der Waals surface area contributed by atoms with Gasteiger partial charge in [-0.25, -0.2) is 9.67 Å². The molecule has 2 aromatic heterocycles. The number of halogens is 1. The van der Waals surface area contributed by atoms with Gasteiger partial charge in [-0.3, -0.25) is 0 Å². The van der Waals surface area contributed by atoms with Gasteiger partial charge in [0, 0.05) is 12.4 Å². The average molecular weight is 209 g/mol. The van der Waals surface area contributed by atoms with E-state index in [4.69, 9.17) is 17.3 Å². The first-order valence-electron chi connectivity index (χ1n) is 4.10. The van der Waals surface area contributed by atoms with Crippen molar-refractivity contribution in [3.63, 3.8) is 0 Å². The number of aryl methyl sites for hydroxylation is 1. The number of nitrogens with two attached hydrogens (primary N) is 1. The third-order valence-electron chi connectivity index (χ3n) is 1.80. The van der Waals surface area contributed by atoms with Crippen LogP contribution in [-0.4, -0.2) is 14.8 Å². The molecule has 0 bridgehead atoms. The van der Waals surface area contributed by atoms with Crippen LogP contribution < -0.4 is 5.73 Å². The van der Waals surface area contributed by atoms with Gasteiger partial charge in [0.05, 0.1) is 16.4 Å². The van der Waals surface area contributed by atoms with Crippen molar-refractivity contribution in [2.75, 3.05) is 5.73 Å². The van der Waals surface area contributed by atoms with Gasteiger partial charge in [0.25, 0.3) is 0 Å². The van der Waals surface area contributed by atoms with Crippen molar-refractivity contribution in [3.8, 4) is 5.82 Å². The van der Waals surface area contributed by atoms with Gasteiger partial charge in [0.1, 0.15) is 0 Å². The number of hydrogen-bond donors (Lipinski definition) is 1. The summed E-state index contributed by atoms with van der Waals surface area (Å²) in [6.07, 6.45) is 3.35. The molecule has 0 amide bonds. The molecule has 5 heteroatoms. The topological polar surface area (TPSA) is 56.7 Å². The number of aromatic nitrogens is 3. The molecular weight excluding hydrogens is 200 g/mol. The molecule has 0 fully saturated rings. The van der Waals surface area contributed by atoms with Gasteiger partial charge in [-0.2, -0.15) is 5.10 Å². The Labute approximate surface area is 86.3 Å². The smallest absolute Gasteiger partial charge is 0.176 e. The molecule has 0 unspecified atom stereocenters. The Morgan fingerprint density at radius 2 is 2.29 bits per heavy atom. The minimum atomic E-state index is 0.514. The van der Waals surface area contributed by atoms with E-state index in [9.17, 15) is 0 Å². The lowest BCUT2D eigenvalue weighted by Gasteiger charge is -2.03. The van der Waals surface area contributed by atoms with Crippen LogP contribution in [0.5, 0.6) is 0 Å². The third kappa shape index (κ3) is 1.56. The van der Waals surface area contributed by atoms with Crippen molar-refractivity contribution in [1.29, 1.82) is 0 Å². The first-order valence-corrected chi connectivity index (χ1v) is 4.48. The Hall–Kier alpha value is -1.55. The zero-order valence-corrected chi connectivity index (χ0v) is 8.36. The molecule has 0 aromatic carbocycles. The quantitative estimate of drug-likeness (QED) is 0.778. The number of hydrogen-bond acceptors (Lipinski definition) is 3. The van der Waals surface area contributed by atoms with E-state index in [1.54, 1.807) is 16.9 Å². The first kappa shape index (κ1) is 9.02. The van der Waals surface area contributed by atoms with Gasteiger partial charge in [0.15, 0.2) is 5.82 Å². The van der Waals surface area contributed by atoms with Crippen molar-refractivity contribution in [3.05, 3.63) is 35.2 Å². The second-order valence-corrected chi connectivity index (χ2v) is 3.40. The predicted molar refractivity (Wildman–Crippen MR) is 55.5 cm³/mol. The molecule has 0 aliphatic heterocycles. The number of anilines is 1. The Morgan fingerprint density at radius 3 is 2.86 bits per heavy atom. The lowest BCUT2D eigenvalue weighted by Crippen LogP contribution is -2.03. The summed E-state index contributed by atoms with van der Waals surface area (Å²) in [6, 6.07) is 3.54. The Balaban J connectivity index is 2.52. The number of nitrogen functional groups attached to an aromatic ring is 1. The molecule has 0 aliphatic carbocycles. The molecule has 0 atom stereocenters. The van der Waals surface area contributed by atoms with E-state index in [1.807, 2.05) is 19.2 Å². The van der Waals surface area contributed by atoms with Crippen LogP contribution in [0.1, 0.15) is 5.69 Å². The Morgan fingerprint density at radius 1 is 1.50 bits per heavy atom. The summed E-state index contributed by atoms with van der Waals surface area (Å²) in [5, 5.41) is 4.73. The fourth-order valence-electron chi connectivity index (χ4n) is 1.17. The van der Waals surface area contributed by atoms with Crippen molar-refractivity contribution >= 4 is 17.3 Å². The molecule has 14 heavy (non-hydrogen) atoms. The maximum atomic E-state index is 5.75. The Bertz CT molecular complexity index is 464. The molecule has 2 aromatic rings. The number of nitrogens with zero attached hydrogens (tertiary/aromatic N) is 3. The first-order chi connectivity index (χ1) is 6.66. The van der Waals surface area contributed by atoms with Crippen LogP contribution >= 0.6 is 11.6 Å². The van der Waals surface area contributed by atoms with Crippen LogP contribution in [0.4, 0.5) is 5.69 Å². The molecule has 0 spiro atoms. The zero-order chi connectivity index (χ0) is 10.1. The summed E-state index contributed by atoms with van der Waals surface area (Å²) in [6.45, 7) is 1.91. The van der Waals surface area contributed by atoms with Crippen LogP contribution in [0.2, 0.25) is 5.02 Å². The lowest BCUT2D eigenvalue weighted by atomic mass is 10.4. The minimum absolute atomic E-state index is 0.514. The summed E-state index contributed by atoms with van der Waals surface area (Å²) in [4.78, 5) is 4.10. The Kier molecular flexibility index (Phi) is 2.13. The fourth-order valence-corrected chi connectivity index (χ4v) is 1.34. The van der Waals surface area contributed by atoms with E-state index in [1.165, 1.54) is 0 Å². The molecule has 2 heterocycles. The predicted octanol–water partition coefficient (Wildman–Crippen LogP) is 1.81. The fraction of sp³-hybridized carbons (Fsp3) is 0.111. The minimum Gasteiger partial charge on any atom is -0.396 e. The largest absolute Gasteiger partial charge is 0.396 e. The van der Waals surface area contributed by atoms with E-state index in [0.29, 0.717) is 16.5 Å². The highest BCUT2D eigenvalue weighted by molar-refractivity contribution is 6.30. The molecule has 0 radical (unpaired) electrons. The van der Waals surface area contributed by atoms with E-state index < -0.39 is 0 Å². The number of rotatable bonds is 1. The molecule has 2 N–H and O–H groups in total. The molecule has 2 rings (SSSR count). The maximum Gasteiger partial charge on any atom is 0.176 e. The van der Waals surface area contributed by atoms with Crippen LogP contribution in [-0.2, 0) is 0 Å². The summed E-state index contributed by atoms with van der Waals surface area (Å²) in [5.41, 5.74) is 7.19. The maximum absolute atomic E-state index is 5.75.